The van der Waals surface area contributed by atoms with Crippen LogP contribution in [-0.2, 0) is 0 Å². The number of thioether (sulfide) groups is 1. The van der Waals surface area contributed by atoms with E-state index >= 15 is 0 Å². The van der Waals surface area contributed by atoms with Gasteiger partial charge in [0.05, 0.1) is 18.8 Å². The number of methoxy groups -OCH3 is 1. The SMILES string of the molecule is COc1cc([C@H]2[C@H](c3ccccn3)N=C3S[C@@H](C)CN32)c(Cl)cc1O. The summed E-state index contributed by atoms with van der Waals surface area (Å²) in [6, 6.07) is 9.00. The number of fused-ring (bicyclic) bond motifs is 1. The lowest BCUT2D eigenvalue weighted by molar-refractivity contribution is 0.318. The number of nitrogens with zero attached hydrogens (tertiary/aromatic N) is 3. The normalized spacial score (nSPS) is 25.0. The fourth-order valence-corrected chi connectivity index (χ4v) is 4.77. The van der Waals surface area contributed by atoms with Gasteiger partial charge in [-0.15, -0.1) is 0 Å². The minimum atomic E-state index is -0.136. The first-order chi connectivity index (χ1) is 12.1. The van der Waals surface area contributed by atoms with Crippen LogP contribution < -0.4 is 4.74 Å². The molecule has 0 radical (unpaired) electrons. The number of pyridine rings is 1. The molecule has 1 N–H and O–H groups in total. The maximum absolute atomic E-state index is 10.0. The molecule has 25 heavy (non-hydrogen) atoms. The predicted octanol–water partition coefficient (Wildman–Crippen LogP) is 4.04. The van der Waals surface area contributed by atoms with E-state index in [1.165, 1.54) is 13.2 Å². The molecule has 4 rings (SSSR count). The molecule has 0 unspecified atom stereocenters. The largest absolute Gasteiger partial charge is 0.504 e. The molecule has 3 heterocycles. The maximum atomic E-state index is 10.0. The van der Waals surface area contributed by atoms with E-state index in [4.69, 9.17) is 21.3 Å². The van der Waals surface area contributed by atoms with E-state index in [2.05, 4.69) is 16.8 Å². The first-order valence-electron chi connectivity index (χ1n) is 8.07. The Hall–Kier alpha value is -1.92. The molecular formula is C18H18ClN3O2S. The molecule has 1 aromatic heterocycles. The fourth-order valence-electron chi connectivity index (χ4n) is 3.40. The molecule has 0 saturated carbocycles. The van der Waals surface area contributed by atoms with Crippen molar-refractivity contribution in [2.75, 3.05) is 13.7 Å². The Kier molecular flexibility index (Phi) is 4.25. The molecule has 1 fully saturated rings. The van der Waals surface area contributed by atoms with Crippen LogP contribution >= 0.6 is 23.4 Å². The van der Waals surface area contributed by atoms with E-state index in [1.54, 1.807) is 18.0 Å². The van der Waals surface area contributed by atoms with Crippen molar-refractivity contribution in [3.8, 4) is 11.5 Å². The summed E-state index contributed by atoms with van der Waals surface area (Å²) >= 11 is 8.27. The van der Waals surface area contributed by atoms with Gasteiger partial charge in [-0.05, 0) is 23.8 Å². The Bertz CT molecular complexity index is 831. The Morgan fingerprint density at radius 1 is 1.36 bits per heavy atom. The van der Waals surface area contributed by atoms with Gasteiger partial charge < -0.3 is 14.7 Å². The van der Waals surface area contributed by atoms with Gasteiger partial charge in [0.1, 0.15) is 6.04 Å². The highest BCUT2D eigenvalue weighted by Crippen LogP contribution is 2.50. The zero-order valence-corrected chi connectivity index (χ0v) is 15.5. The Labute approximate surface area is 155 Å². The molecule has 130 valence electrons. The molecule has 2 aliphatic rings. The number of aromatic hydroxyl groups is 1. The molecule has 2 aliphatic heterocycles. The standard InChI is InChI=1S/C18H18ClN3O2S/c1-10-9-22-17(11-7-15(24-2)14(23)8-12(11)19)16(21-18(22)25-10)13-5-3-4-6-20-13/h3-8,10,16-17,23H,9H2,1-2H3/t10-,16-,17-/m0/s1. The number of hydrogen-bond donors (Lipinski definition) is 1. The van der Waals surface area contributed by atoms with Crippen LogP contribution in [0.15, 0.2) is 41.5 Å². The summed E-state index contributed by atoms with van der Waals surface area (Å²) < 4.78 is 5.29. The highest BCUT2D eigenvalue weighted by molar-refractivity contribution is 8.14. The van der Waals surface area contributed by atoms with E-state index in [-0.39, 0.29) is 17.8 Å². The van der Waals surface area contributed by atoms with Crippen LogP contribution in [0.2, 0.25) is 5.02 Å². The third kappa shape index (κ3) is 2.83. The maximum Gasteiger partial charge on any atom is 0.160 e. The summed E-state index contributed by atoms with van der Waals surface area (Å²) in [4.78, 5) is 11.7. The molecule has 0 spiro atoms. The number of aliphatic imine (C=N–C) groups is 1. The lowest BCUT2D eigenvalue weighted by Gasteiger charge is -2.28. The van der Waals surface area contributed by atoms with Gasteiger partial charge in [-0.2, -0.15) is 0 Å². The van der Waals surface area contributed by atoms with Crippen LogP contribution in [0, 0.1) is 0 Å². The number of amidine groups is 1. The van der Waals surface area contributed by atoms with E-state index in [0.717, 1.165) is 23.0 Å². The van der Waals surface area contributed by atoms with E-state index in [0.29, 0.717) is 16.0 Å². The van der Waals surface area contributed by atoms with Crippen LogP contribution in [0.3, 0.4) is 0 Å². The second-order valence-electron chi connectivity index (χ2n) is 6.18. The van der Waals surface area contributed by atoms with Gasteiger partial charge in [0.2, 0.25) is 0 Å². The minimum absolute atomic E-state index is 0.0361. The second-order valence-corrected chi connectivity index (χ2v) is 8.00. The van der Waals surface area contributed by atoms with Gasteiger partial charge in [-0.1, -0.05) is 36.4 Å². The third-order valence-corrected chi connectivity index (χ3v) is 5.93. The van der Waals surface area contributed by atoms with E-state index in [9.17, 15) is 5.11 Å². The zero-order valence-electron chi connectivity index (χ0n) is 13.9. The molecule has 1 aromatic carbocycles. The topological polar surface area (TPSA) is 58.0 Å². The highest BCUT2D eigenvalue weighted by atomic mass is 35.5. The smallest absolute Gasteiger partial charge is 0.160 e. The summed E-state index contributed by atoms with van der Waals surface area (Å²) in [6.07, 6.45) is 1.78. The van der Waals surface area contributed by atoms with Gasteiger partial charge in [0.25, 0.3) is 0 Å². The molecule has 0 aliphatic carbocycles. The minimum Gasteiger partial charge on any atom is -0.504 e. The highest BCUT2D eigenvalue weighted by Gasteiger charge is 2.44. The lowest BCUT2D eigenvalue weighted by atomic mass is 9.96. The third-order valence-electron chi connectivity index (χ3n) is 4.50. The molecule has 0 amide bonds. The first-order valence-corrected chi connectivity index (χ1v) is 9.32. The average Bonchev–Trinajstić information content (AvgIpc) is 3.12. The molecule has 1 saturated heterocycles. The number of rotatable bonds is 3. The molecule has 5 nitrogen and oxygen atoms in total. The van der Waals surface area contributed by atoms with Crippen molar-refractivity contribution in [1.29, 1.82) is 0 Å². The summed E-state index contributed by atoms with van der Waals surface area (Å²) in [5, 5.41) is 12.0. The van der Waals surface area contributed by atoms with Gasteiger partial charge in [-0.3, -0.25) is 9.98 Å². The quantitative estimate of drug-likeness (QED) is 0.877. The van der Waals surface area contributed by atoms with Crippen molar-refractivity contribution in [2.45, 2.75) is 24.3 Å². The molecule has 0 bridgehead atoms. The summed E-state index contributed by atoms with van der Waals surface area (Å²) in [7, 11) is 1.54. The van der Waals surface area contributed by atoms with Crippen molar-refractivity contribution in [3.05, 3.63) is 52.8 Å². The van der Waals surface area contributed by atoms with Gasteiger partial charge in [0.15, 0.2) is 16.7 Å². The Morgan fingerprint density at radius 3 is 2.92 bits per heavy atom. The number of phenolic OH excluding ortho intramolecular Hbond substituents is 1. The van der Waals surface area contributed by atoms with E-state index < -0.39 is 0 Å². The number of hydrogen-bond acceptors (Lipinski definition) is 6. The molecule has 3 atom stereocenters. The van der Waals surface area contributed by atoms with Crippen molar-refractivity contribution < 1.29 is 9.84 Å². The number of phenols is 1. The Balaban J connectivity index is 1.83. The predicted molar refractivity (Wildman–Crippen MR) is 101 cm³/mol. The van der Waals surface area contributed by atoms with E-state index in [1.807, 2.05) is 24.3 Å². The lowest BCUT2D eigenvalue weighted by Crippen LogP contribution is -2.28. The molecular weight excluding hydrogens is 358 g/mol. The van der Waals surface area contributed by atoms with Crippen molar-refractivity contribution in [2.24, 2.45) is 4.99 Å². The van der Waals surface area contributed by atoms with Crippen molar-refractivity contribution in [3.63, 3.8) is 0 Å². The van der Waals surface area contributed by atoms with Crippen molar-refractivity contribution in [1.82, 2.24) is 9.88 Å². The zero-order chi connectivity index (χ0) is 17.6. The van der Waals surface area contributed by atoms with Crippen LogP contribution in [0.1, 0.15) is 30.3 Å². The van der Waals surface area contributed by atoms with Crippen molar-refractivity contribution >= 4 is 28.5 Å². The number of ether oxygens (including phenoxy) is 1. The summed E-state index contributed by atoms with van der Waals surface area (Å²) in [5.74, 6) is 0.446. The number of aromatic nitrogens is 1. The van der Waals surface area contributed by atoms with Crippen LogP contribution in [0.5, 0.6) is 11.5 Å². The van der Waals surface area contributed by atoms with Gasteiger partial charge >= 0.3 is 0 Å². The summed E-state index contributed by atoms with van der Waals surface area (Å²) in [6.45, 7) is 3.09. The fraction of sp³-hybridized carbons (Fsp3) is 0.333. The van der Waals surface area contributed by atoms with Crippen LogP contribution in [0.4, 0.5) is 0 Å². The number of benzene rings is 1. The monoisotopic (exact) mass is 375 g/mol. The van der Waals surface area contributed by atoms with Crippen LogP contribution in [-0.4, -0.2) is 39.1 Å². The van der Waals surface area contributed by atoms with Gasteiger partial charge in [0, 0.05) is 29.1 Å². The molecule has 7 heteroatoms. The second kappa shape index (κ2) is 6.42. The Morgan fingerprint density at radius 2 is 2.20 bits per heavy atom. The average molecular weight is 376 g/mol. The van der Waals surface area contributed by atoms with Gasteiger partial charge in [-0.25, -0.2) is 0 Å². The summed E-state index contributed by atoms with van der Waals surface area (Å²) in [5.41, 5.74) is 1.80. The first kappa shape index (κ1) is 16.5. The number of halogens is 1. The molecule has 2 aromatic rings. The van der Waals surface area contributed by atoms with Crippen LogP contribution in [0.25, 0.3) is 0 Å².